The molecule has 162 valence electrons. The van der Waals surface area contributed by atoms with Crippen LogP contribution in [0.5, 0.6) is 0 Å². The number of H-pyrrole nitrogens is 1. The van der Waals surface area contributed by atoms with Crippen molar-refractivity contribution >= 4 is 44.5 Å². The molecule has 31 heavy (non-hydrogen) atoms. The molecule has 0 unspecified atom stereocenters. The van der Waals surface area contributed by atoms with Gasteiger partial charge in [-0.2, -0.15) is 19.6 Å². The molecule has 3 aromatic heterocycles. The van der Waals surface area contributed by atoms with Gasteiger partial charge in [0, 0.05) is 32.2 Å². The first kappa shape index (κ1) is 20.2. The molecule has 1 aliphatic rings. The highest BCUT2D eigenvalue weighted by Crippen LogP contribution is 2.23. The second-order valence-corrected chi connectivity index (χ2v) is 9.10. The number of hydrogen-bond acceptors (Lipinski definition) is 7. The number of nitrogens with one attached hydrogen (secondary N) is 2. The fraction of sp³-hybridized carbons (Fsp3) is 0.429. The van der Waals surface area contributed by atoms with Crippen LogP contribution in [0.1, 0.15) is 25.2 Å². The standard InChI is InChI=1S/C21H26BrN9/c1-13(2)29-6-8-30(9-7-29)21-27-19-15(22)11-24-31(19)20(28-21)23-12-18-25-16-5-4-14(3)10-17(16)26-18/h4-5,10-11,13H,6-9,12H2,1-3H3,(H,25,26)(H,23,27,28). The lowest BCUT2D eigenvalue weighted by Gasteiger charge is -2.36. The van der Waals surface area contributed by atoms with Crippen LogP contribution in [0, 0.1) is 6.92 Å². The Labute approximate surface area is 189 Å². The van der Waals surface area contributed by atoms with Gasteiger partial charge in [0.15, 0.2) is 5.65 Å². The minimum Gasteiger partial charge on any atom is -0.347 e. The van der Waals surface area contributed by atoms with Gasteiger partial charge in [0.05, 0.1) is 28.2 Å². The largest absolute Gasteiger partial charge is 0.347 e. The highest BCUT2D eigenvalue weighted by Gasteiger charge is 2.22. The summed E-state index contributed by atoms with van der Waals surface area (Å²) in [7, 11) is 0. The third-order valence-corrected chi connectivity index (χ3v) is 6.30. The Bertz CT molecular complexity index is 1220. The third kappa shape index (κ3) is 3.97. The number of anilines is 2. The molecule has 1 aliphatic heterocycles. The van der Waals surface area contributed by atoms with Crippen molar-refractivity contribution in [3.63, 3.8) is 0 Å². The zero-order valence-corrected chi connectivity index (χ0v) is 19.5. The van der Waals surface area contributed by atoms with Crippen molar-refractivity contribution in [3.05, 3.63) is 40.3 Å². The molecule has 10 heteroatoms. The molecular weight excluding hydrogens is 458 g/mol. The molecule has 1 fully saturated rings. The lowest BCUT2D eigenvalue weighted by atomic mass is 10.2. The maximum Gasteiger partial charge on any atom is 0.230 e. The maximum atomic E-state index is 4.81. The predicted octanol–water partition coefficient (Wildman–Crippen LogP) is 3.21. The minimum absolute atomic E-state index is 0.512. The molecule has 0 amide bonds. The summed E-state index contributed by atoms with van der Waals surface area (Å²) in [5, 5.41) is 7.83. The monoisotopic (exact) mass is 483 g/mol. The predicted molar refractivity (Wildman–Crippen MR) is 126 cm³/mol. The lowest BCUT2D eigenvalue weighted by molar-refractivity contribution is 0.208. The van der Waals surface area contributed by atoms with Gasteiger partial charge in [-0.1, -0.05) is 6.07 Å². The molecule has 0 saturated carbocycles. The number of imidazole rings is 1. The number of aromatic nitrogens is 6. The third-order valence-electron chi connectivity index (χ3n) is 5.74. The molecule has 0 radical (unpaired) electrons. The van der Waals surface area contributed by atoms with E-state index in [2.05, 4.69) is 79.0 Å². The van der Waals surface area contributed by atoms with E-state index in [-0.39, 0.29) is 0 Å². The molecule has 0 atom stereocenters. The Morgan fingerprint density at radius 3 is 2.71 bits per heavy atom. The van der Waals surface area contributed by atoms with Gasteiger partial charge in [0.25, 0.3) is 0 Å². The van der Waals surface area contributed by atoms with Crippen molar-refractivity contribution in [3.8, 4) is 0 Å². The van der Waals surface area contributed by atoms with E-state index in [1.54, 1.807) is 10.7 Å². The zero-order valence-electron chi connectivity index (χ0n) is 17.9. The van der Waals surface area contributed by atoms with Crippen LogP contribution < -0.4 is 10.2 Å². The van der Waals surface area contributed by atoms with Crippen molar-refractivity contribution in [1.29, 1.82) is 0 Å². The Morgan fingerprint density at radius 1 is 1.13 bits per heavy atom. The summed E-state index contributed by atoms with van der Waals surface area (Å²) in [4.78, 5) is 22.4. The van der Waals surface area contributed by atoms with Crippen LogP contribution in [0.4, 0.5) is 11.9 Å². The van der Waals surface area contributed by atoms with E-state index in [1.807, 2.05) is 6.07 Å². The fourth-order valence-electron chi connectivity index (χ4n) is 3.96. The van der Waals surface area contributed by atoms with Crippen molar-refractivity contribution in [2.24, 2.45) is 0 Å². The minimum atomic E-state index is 0.512. The van der Waals surface area contributed by atoms with Gasteiger partial charge in [-0.05, 0) is 54.4 Å². The van der Waals surface area contributed by atoms with Gasteiger partial charge in [0.2, 0.25) is 11.9 Å². The highest BCUT2D eigenvalue weighted by molar-refractivity contribution is 9.10. The molecule has 5 rings (SSSR count). The van der Waals surface area contributed by atoms with Gasteiger partial charge < -0.3 is 15.2 Å². The van der Waals surface area contributed by atoms with Crippen molar-refractivity contribution < 1.29 is 0 Å². The summed E-state index contributed by atoms with van der Waals surface area (Å²) in [6.45, 7) is 10.9. The molecule has 4 aromatic rings. The van der Waals surface area contributed by atoms with E-state index in [0.717, 1.165) is 59.1 Å². The van der Waals surface area contributed by atoms with E-state index in [0.29, 0.717) is 18.5 Å². The molecule has 0 spiro atoms. The maximum absolute atomic E-state index is 4.81. The first-order chi connectivity index (χ1) is 15.0. The molecule has 2 N–H and O–H groups in total. The highest BCUT2D eigenvalue weighted by atomic mass is 79.9. The normalized spacial score (nSPS) is 15.5. The number of aryl methyl sites for hydroxylation is 1. The van der Waals surface area contributed by atoms with Gasteiger partial charge in [-0.15, -0.1) is 0 Å². The summed E-state index contributed by atoms with van der Waals surface area (Å²) in [5.74, 6) is 2.22. The summed E-state index contributed by atoms with van der Waals surface area (Å²) in [6, 6.07) is 6.77. The van der Waals surface area contributed by atoms with Crippen molar-refractivity contribution in [2.45, 2.75) is 33.4 Å². The molecule has 0 aliphatic carbocycles. The summed E-state index contributed by atoms with van der Waals surface area (Å²) < 4.78 is 2.57. The second kappa shape index (κ2) is 8.08. The number of hydrogen-bond donors (Lipinski definition) is 2. The smallest absolute Gasteiger partial charge is 0.230 e. The van der Waals surface area contributed by atoms with Crippen LogP contribution in [0.25, 0.3) is 16.7 Å². The van der Waals surface area contributed by atoms with Crippen molar-refractivity contribution in [1.82, 2.24) is 34.4 Å². The quantitative estimate of drug-likeness (QED) is 0.450. The molecule has 1 saturated heterocycles. The summed E-state index contributed by atoms with van der Waals surface area (Å²) in [5.41, 5.74) is 3.95. The topological polar surface area (TPSA) is 90.3 Å². The fourth-order valence-corrected chi connectivity index (χ4v) is 4.30. The number of aromatic amines is 1. The van der Waals surface area contributed by atoms with Crippen LogP contribution in [0.3, 0.4) is 0 Å². The summed E-state index contributed by atoms with van der Waals surface area (Å²) >= 11 is 3.57. The number of halogens is 1. The Balaban J connectivity index is 1.41. The van der Waals surface area contributed by atoms with Gasteiger partial charge in [-0.25, -0.2) is 4.98 Å². The van der Waals surface area contributed by atoms with Crippen molar-refractivity contribution in [2.75, 3.05) is 36.4 Å². The van der Waals surface area contributed by atoms with E-state index >= 15 is 0 Å². The number of rotatable bonds is 5. The number of benzene rings is 1. The van der Waals surface area contributed by atoms with Crippen LogP contribution >= 0.6 is 15.9 Å². The number of piperazine rings is 1. The lowest BCUT2D eigenvalue weighted by Crippen LogP contribution is -2.49. The van der Waals surface area contributed by atoms with E-state index in [4.69, 9.17) is 9.97 Å². The SMILES string of the molecule is Cc1ccc2nc(CNc3nc(N4CCN(C(C)C)CC4)nc4c(Br)cnn34)[nH]c2c1. The molecular formula is C21H26BrN9. The zero-order chi connectivity index (χ0) is 21.5. The van der Waals surface area contributed by atoms with E-state index in [1.165, 1.54) is 5.56 Å². The van der Waals surface area contributed by atoms with Crippen LogP contribution in [0.15, 0.2) is 28.9 Å². The second-order valence-electron chi connectivity index (χ2n) is 8.25. The summed E-state index contributed by atoms with van der Waals surface area (Å²) in [6.07, 6.45) is 1.75. The van der Waals surface area contributed by atoms with Crippen LogP contribution in [-0.2, 0) is 6.54 Å². The Kier molecular flexibility index (Phi) is 5.27. The van der Waals surface area contributed by atoms with E-state index < -0.39 is 0 Å². The molecule has 1 aromatic carbocycles. The average molecular weight is 484 g/mol. The van der Waals surface area contributed by atoms with Gasteiger partial charge in [-0.3, -0.25) is 4.90 Å². The Hall–Kier alpha value is -2.72. The number of fused-ring (bicyclic) bond motifs is 2. The molecule has 9 nitrogen and oxygen atoms in total. The van der Waals surface area contributed by atoms with Crippen LogP contribution in [-0.4, -0.2) is 66.7 Å². The number of nitrogens with zero attached hydrogens (tertiary/aromatic N) is 7. The van der Waals surface area contributed by atoms with Crippen LogP contribution in [0.2, 0.25) is 0 Å². The van der Waals surface area contributed by atoms with E-state index in [9.17, 15) is 0 Å². The first-order valence-corrected chi connectivity index (χ1v) is 11.4. The Morgan fingerprint density at radius 2 is 1.94 bits per heavy atom. The molecule has 4 heterocycles. The van der Waals surface area contributed by atoms with Gasteiger partial charge >= 0.3 is 0 Å². The molecule has 0 bridgehead atoms. The average Bonchev–Trinajstić information content (AvgIpc) is 3.35. The first-order valence-electron chi connectivity index (χ1n) is 10.6. The van der Waals surface area contributed by atoms with Gasteiger partial charge in [0.1, 0.15) is 5.82 Å².